The number of aliphatic carboxylic acids is 1. The van der Waals surface area contributed by atoms with Crippen molar-refractivity contribution in [3.8, 4) is 0 Å². The first-order chi connectivity index (χ1) is 32.7. The van der Waals surface area contributed by atoms with E-state index in [0.29, 0.717) is 38.7 Å². The molecule has 10 aliphatic rings. The van der Waals surface area contributed by atoms with Crippen LogP contribution in [0, 0.1) is 11.8 Å². The molecule has 10 fully saturated rings. The van der Waals surface area contributed by atoms with Crippen molar-refractivity contribution >= 4 is 22.6 Å². The van der Waals surface area contributed by atoms with Gasteiger partial charge in [0.15, 0.2) is 22.4 Å². The Labute approximate surface area is 421 Å². The van der Waals surface area contributed by atoms with Crippen LogP contribution in [0.25, 0.3) is 0 Å². The number of aliphatic hydroxyl groups excluding tert-OH is 1. The summed E-state index contributed by atoms with van der Waals surface area (Å²) in [6, 6.07) is 0. The molecular formula is C54H90O14Si2. The van der Waals surface area contributed by atoms with E-state index in [9.17, 15) is 15.0 Å². The van der Waals surface area contributed by atoms with Gasteiger partial charge >= 0.3 is 5.97 Å². The molecule has 10 aliphatic heterocycles. The number of hydrogen-bond acceptors (Lipinski definition) is 13. The average Bonchev–Trinajstić information content (AvgIpc) is 3.85. The van der Waals surface area contributed by atoms with Crippen LogP contribution in [-0.4, -0.2) is 155 Å². The van der Waals surface area contributed by atoms with Gasteiger partial charge in [0.25, 0.3) is 0 Å². The first-order valence-electron chi connectivity index (χ1n) is 27.2. The monoisotopic (exact) mass is 1020 g/mol. The molecule has 0 unspecified atom stereocenters. The first kappa shape index (κ1) is 53.7. The quantitative estimate of drug-likeness (QED) is 0.111. The molecule has 398 valence electrons. The predicted molar refractivity (Wildman–Crippen MR) is 269 cm³/mol. The fourth-order valence-electron chi connectivity index (χ4n) is 12.7. The third kappa shape index (κ3) is 10.8. The number of carboxylic acids is 1. The van der Waals surface area contributed by atoms with Gasteiger partial charge in [0.2, 0.25) is 0 Å². The van der Waals surface area contributed by atoms with Crippen LogP contribution in [0.5, 0.6) is 0 Å². The van der Waals surface area contributed by atoms with E-state index >= 15 is 0 Å². The normalized spacial score (nSPS) is 45.2. The van der Waals surface area contributed by atoms with Crippen molar-refractivity contribution in [2.45, 2.75) is 291 Å². The summed E-state index contributed by atoms with van der Waals surface area (Å²) in [5.41, 5.74) is 2.17. The number of fused-ring (bicyclic) bond motifs is 2. The van der Waals surface area contributed by atoms with Crippen LogP contribution in [-0.2, 0) is 56.3 Å². The summed E-state index contributed by atoms with van der Waals surface area (Å²) in [6.07, 6.45) is 4.32. The van der Waals surface area contributed by atoms with Crippen LogP contribution < -0.4 is 0 Å². The molecule has 2 N–H and O–H groups in total. The summed E-state index contributed by atoms with van der Waals surface area (Å²) < 4.78 is 74.5. The van der Waals surface area contributed by atoms with Crippen LogP contribution in [0.4, 0.5) is 0 Å². The highest BCUT2D eigenvalue weighted by molar-refractivity contribution is 6.74. The maximum atomic E-state index is 11.9. The number of carbonyl (C=O) groups is 1. The van der Waals surface area contributed by atoms with E-state index in [-0.39, 0.29) is 120 Å². The first-order valence-corrected chi connectivity index (χ1v) is 33.0. The Morgan fingerprint density at radius 2 is 1.39 bits per heavy atom. The van der Waals surface area contributed by atoms with Gasteiger partial charge in [0.05, 0.1) is 85.8 Å². The second kappa shape index (κ2) is 20.1. The van der Waals surface area contributed by atoms with E-state index in [1.807, 2.05) is 0 Å². The smallest absolute Gasteiger partial charge is 0.305 e. The van der Waals surface area contributed by atoms with Gasteiger partial charge in [0, 0.05) is 38.2 Å². The van der Waals surface area contributed by atoms with Crippen LogP contribution in [0.2, 0.25) is 36.3 Å². The molecule has 16 heteroatoms. The van der Waals surface area contributed by atoms with E-state index in [1.54, 1.807) is 0 Å². The summed E-state index contributed by atoms with van der Waals surface area (Å²) in [6.45, 7) is 36.9. The van der Waals surface area contributed by atoms with Crippen molar-refractivity contribution in [3.63, 3.8) is 0 Å². The molecule has 21 atom stereocenters. The summed E-state index contributed by atoms with van der Waals surface area (Å²) >= 11 is 0. The zero-order chi connectivity index (χ0) is 50.5. The molecule has 10 saturated heterocycles. The molecule has 0 aliphatic carbocycles. The molecule has 0 radical (unpaired) electrons. The highest BCUT2D eigenvalue weighted by Crippen LogP contribution is 2.55. The zero-order valence-corrected chi connectivity index (χ0v) is 46.7. The van der Waals surface area contributed by atoms with Gasteiger partial charge in [-0.1, -0.05) is 68.5 Å². The number of hydrogen-bond donors (Lipinski definition) is 2. The van der Waals surface area contributed by atoms with Crippen molar-refractivity contribution in [2.75, 3.05) is 6.61 Å². The van der Waals surface area contributed by atoms with E-state index in [4.69, 9.17) is 51.5 Å². The lowest BCUT2D eigenvalue weighted by atomic mass is 9.79. The van der Waals surface area contributed by atoms with Gasteiger partial charge in [-0.3, -0.25) is 4.79 Å². The zero-order valence-electron chi connectivity index (χ0n) is 44.7. The molecule has 0 spiro atoms. The summed E-state index contributed by atoms with van der Waals surface area (Å²) in [5.74, 6) is -1.58. The predicted octanol–water partition coefficient (Wildman–Crippen LogP) is 9.17. The number of carboxylic acid groups (broad SMARTS) is 1. The van der Waals surface area contributed by atoms with Gasteiger partial charge in [0.1, 0.15) is 30.5 Å². The lowest BCUT2D eigenvalue weighted by Crippen LogP contribution is -2.62. The summed E-state index contributed by atoms with van der Waals surface area (Å²) in [7, 11) is -4.10. The lowest BCUT2D eigenvalue weighted by molar-refractivity contribution is -0.293. The Bertz CT molecular complexity index is 1900. The Morgan fingerprint density at radius 1 is 0.700 bits per heavy atom. The van der Waals surface area contributed by atoms with Crippen LogP contribution in [0.1, 0.15) is 139 Å². The third-order valence-electron chi connectivity index (χ3n) is 19.1. The molecule has 14 nitrogen and oxygen atoms in total. The molecule has 0 amide bonds. The molecular weight excluding hydrogens is 929 g/mol. The average molecular weight is 1020 g/mol. The lowest BCUT2D eigenvalue weighted by Gasteiger charge is -2.52. The molecule has 10 heterocycles. The SMILES string of the molecule is C=C1C[C@H](CC[C@@]23C[C@H]4O[C@@H]5[C@@H](O2)[C@H]2O[C@@H](CC(=O)O)CC[C@@H]2O[C@H]5[C@H]4O3)O[C@H]1CC[C@H]1C[C@@H](C)C(=C)[C@@H](C[C@@H]2O[C@H]3C[C@@H](O[Si](C)(C)C(C)(C)C)[C@@H](CCO[Si](C)(C)C(C)(C)C)O[C@H]3[C@H](C)[C@H]2O)O1. The minimum atomic E-state index is -2.16. The Balaban J connectivity index is 0.783. The minimum absolute atomic E-state index is 0.0115. The standard InChI is InChI=1S/C54H90O14Si2/c1-29-23-33(15-17-36-30(2)24-35(59-36)19-21-54-28-43-48(66-54)49-50(65-43)51(67-54)47-38(64-49)18-16-34(61-47)25-44(55)56)60-39(31(29)3)26-41-45(57)32(4)46-42(62-41)27-40(68-70(13,14)53(8,9)10)37(63-46)20-22-58-69(11,12)52(5,6)7/h29,32-43,45-51,57H,2-3,15-28H2,1,4-14H3,(H,55,56)/t29-,32-,33+,34-,35+,36+,37-,38+,39-,40-,41+,42+,43-,45-,46+,47+,48+,49+,50+,51+,54+/m1/s1. The van der Waals surface area contributed by atoms with Gasteiger partial charge in [-0.15, -0.1) is 0 Å². The van der Waals surface area contributed by atoms with Gasteiger partial charge in [-0.25, -0.2) is 0 Å². The molecule has 0 saturated carbocycles. The topological polar surface area (TPSA) is 159 Å². The minimum Gasteiger partial charge on any atom is -0.481 e. The summed E-state index contributed by atoms with van der Waals surface area (Å²) in [4.78, 5) is 11.6. The maximum Gasteiger partial charge on any atom is 0.305 e. The van der Waals surface area contributed by atoms with Gasteiger partial charge < -0.3 is 61.7 Å². The molecule has 0 aromatic carbocycles. The van der Waals surface area contributed by atoms with Crippen LogP contribution in [0.15, 0.2) is 24.3 Å². The second-order valence-electron chi connectivity index (χ2n) is 26.1. The molecule has 0 aromatic rings. The maximum absolute atomic E-state index is 11.9. The van der Waals surface area contributed by atoms with Crippen molar-refractivity contribution in [1.29, 1.82) is 0 Å². The van der Waals surface area contributed by atoms with Crippen LogP contribution >= 0.6 is 0 Å². The van der Waals surface area contributed by atoms with E-state index in [1.165, 1.54) is 0 Å². The van der Waals surface area contributed by atoms with Crippen molar-refractivity contribution in [3.05, 3.63) is 24.3 Å². The van der Waals surface area contributed by atoms with Crippen molar-refractivity contribution in [1.82, 2.24) is 0 Å². The van der Waals surface area contributed by atoms with Gasteiger partial charge in [-0.05, 0) is 105 Å². The Hall–Kier alpha value is -1.10. The number of ether oxygens (including phenoxy) is 9. The van der Waals surface area contributed by atoms with Crippen LogP contribution in [0.3, 0.4) is 0 Å². The van der Waals surface area contributed by atoms with E-state index < -0.39 is 46.7 Å². The molecule has 0 aromatic heterocycles. The highest BCUT2D eigenvalue weighted by Gasteiger charge is 2.69. The second-order valence-corrected chi connectivity index (χ2v) is 35.7. The van der Waals surface area contributed by atoms with E-state index in [0.717, 1.165) is 56.1 Å². The fraction of sp³-hybridized carbons (Fsp3) is 0.907. The molecule has 70 heavy (non-hydrogen) atoms. The van der Waals surface area contributed by atoms with Gasteiger partial charge in [-0.2, -0.15) is 0 Å². The Morgan fingerprint density at radius 3 is 2.10 bits per heavy atom. The number of aliphatic hydroxyl groups is 1. The summed E-state index contributed by atoms with van der Waals surface area (Å²) in [5, 5.41) is 21.6. The van der Waals surface area contributed by atoms with E-state index in [2.05, 4.69) is 94.7 Å². The molecule has 6 bridgehead atoms. The molecule has 10 rings (SSSR count). The van der Waals surface area contributed by atoms with Crippen molar-refractivity contribution in [2.24, 2.45) is 11.8 Å². The van der Waals surface area contributed by atoms with Crippen molar-refractivity contribution < 1.29 is 66.5 Å². The Kier molecular flexibility index (Phi) is 15.4. The fourth-order valence-corrected chi connectivity index (χ4v) is 15.1. The number of rotatable bonds is 16. The third-order valence-corrected chi connectivity index (χ3v) is 28.1. The highest BCUT2D eigenvalue weighted by atomic mass is 28.4. The largest absolute Gasteiger partial charge is 0.481 e.